The van der Waals surface area contributed by atoms with Gasteiger partial charge in [0.2, 0.25) is 0 Å². The predicted octanol–water partition coefficient (Wildman–Crippen LogP) is 20.7. The standard InChI is InChI=1S/C71H138O17P2/c1-5-9-13-17-21-25-28-31-32-33-34-36-39-42-46-50-54-58-71(76)88-67(62-82-69(74)56-52-48-44-40-38-35-29-26-22-18-14-10-6-2)64-86-90(79,80)84-60-65(72)59-83-89(77,78)85-63-66(61-81-68(73)55-51-47-43-24-20-16-12-8-4)87-70(75)57-53-49-45-41-37-30-27-23-19-15-11-7-3/h65-67,72H,5-64H2,1-4H3,(H,77,78)(H,79,80)/t65-,66+,67+/m0/s1. The topological polar surface area (TPSA) is 237 Å². The zero-order valence-corrected chi connectivity index (χ0v) is 59.9. The van der Waals surface area contributed by atoms with Crippen molar-refractivity contribution in [1.82, 2.24) is 0 Å². The second kappa shape index (κ2) is 65.7. The fourth-order valence-electron chi connectivity index (χ4n) is 10.9. The third kappa shape index (κ3) is 64.8. The first kappa shape index (κ1) is 88.1. The summed E-state index contributed by atoms with van der Waals surface area (Å²) in [7, 11) is -9.90. The molecular weight excluding hydrogens is 1190 g/mol. The molecule has 0 aliphatic heterocycles. The van der Waals surface area contributed by atoms with E-state index in [-0.39, 0.29) is 25.7 Å². The highest BCUT2D eigenvalue weighted by Crippen LogP contribution is 2.45. The van der Waals surface area contributed by atoms with Crippen molar-refractivity contribution in [2.45, 2.75) is 393 Å². The van der Waals surface area contributed by atoms with Crippen LogP contribution < -0.4 is 0 Å². The van der Waals surface area contributed by atoms with Gasteiger partial charge in [-0.25, -0.2) is 9.13 Å². The van der Waals surface area contributed by atoms with E-state index in [1.54, 1.807) is 0 Å². The predicted molar refractivity (Wildman–Crippen MR) is 363 cm³/mol. The molecule has 0 rings (SSSR count). The molecule has 0 spiro atoms. The van der Waals surface area contributed by atoms with Gasteiger partial charge in [-0.2, -0.15) is 0 Å². The Labute approximate surface area is 549 Å². The molecule has 90 heavy (non-hydrogen) atoms. The Kier molecular flexibility index (Phi) is 64.3. The van der Waals surface area contributed by atoms with Gasteiger partial charge in [-0.05, 0) is 25.7 Å². The Balaban J connectivity index is 5.21. The lowest BCUT2D eigenvalue weighted by atomic mass is 10.0. The minimum absolute atomic E-state index is 0.108. The molecule has 0 aromatic heterocycles. The molecule has 0 saturated carbocycles. The number of ether oxygens (including phenoxy) is 4. The second-order valence-corrected chi connectivity index (χ2v) is 28.5. The van der Waals surface area contributed by atoms with Crippen LogP contribution in [0.2, 0.25) is 0 Å². The molecule has 0 heterocycles. The van der Waals surface area contributed by atoms with Gasteiger partial charge in [0.25, 0.3) is 0 Å². The maximum absolute atomic E-state index is 13.0. The molecule has 0 aromatic rings. The van der Waals surface area contributed by atoms with E-state index in [1.165, 1.54) is 199 Å². The van der Waals surface area contributed by atoms with E-state index in [2.05, 4.69) is 27.7 Å². The van der Waals surface area contributed by atoms with E-state index in [9.17, 15) is 43.2 Å². The molecule has 0 aromatic carbocycles. The van der Waals surface area contributed by atoms with Gasteiger partial charge < -0.3 is 33.8 Å². The zero-order valence-electron chi connectivity index (χ0n) is 58.1. The van der Waals surface area contributed by atoms with Crippen LogP contribution in [0, 0.1) is 0 Å². The van der Waals surface area contributed by atoms with Crippen LogP contribution in [0.15, 0.2) is 0 Å². The summed E-state index contributed by atoms with van der Waals surface area (Å²) in [5, 5.41) is 10.6. The summed E-state index contributed by atoms with van der Waals surface area (Å²) < 4.78 is 68.3. The second-order valence-electron chi connectivity index (χ2n) is 25.6. The average Bonchev–Trinajstić information content (AvgIpc) is 3.33. The van der Waals surface area contributed by atoms with Gasteiger partial charge in [0, 0.05) is 25.7 Å². The van der Waals surface area contributed by atoms with Gasteiger partial charge in [-0.1, -0.05) is 323 Å². The summed E-state index contributed by atoms with van der Waals surface area (Å²) in [4.78, 5) is 72.5. The first-order valence-corrected chi connectivity index (χ1v) is 40.3. The number of unbranched alkanes of at least 4 members (excludes halogenated alkanes) is 46. The number of carbonyl (C=O) groups is 4. The smallest absolute Gasteiger partial charge is 0.462 e. The lowest BCUT2D eigenvalue weighted by Gasteiger charge is -2.21. The van der Waals surface area contributed by atoms with Crippen LogP contribution in [0.5, 0.6) is 0 Å². The highest BCUT2D eigenvalue weighted by molar-refractivity contribution is 7.47. The van der Waals surface area contributed by atoms with E-state index >= 15 is 0 Å². The number of esters is 4. The van der Waals surface area contributed by atoms with Crippen molar-refractivity contribution in [1.29, 1.82) is 0 Å². The summed E-state index contributed by atoms with van der Waals surface area (Å²) in [6, 6.07) is 0. The molecule has 17 nitrogen and oxygen atoms in total. The SMILES string of the molecule is CCCCCCCCCCCCCCCCCCCC(=O)O[C@H](COC(=O)CCCCCCCCCCCCCCC)COP(=O)(O)OC[C@@H](O)COP(=O)(O)OC[C@@H](COC(=O)CCCCCCCCCC)OC(=O)CCCCCCCCCCCCCC. The Hall–Kier alpha value is -1.94. The summed E-state index contributed by atoms with van der Waals surface area (Å²) in [5.41, 5.74) is 0. The normalized spacial score (nSPS) is 14.0. The molecule has 0 aliphatic carbocycles. The maximum atomic E-state index is 13.0. The van der Waals surface area contributed by atoms with Crippen LogP contribution in [0.4, 0.5) is 0 Å². The average molecular weight is 1330 g/mol. The molecule has 0 radical (unpaired) electrons. The van der Waals surface area contributed by atoms with Crippen molar-refractivity contribution in [2.75, 3.05) is 39.6 Å². The van der Waals surface area contributed by atoms with Gasteiger partial charge in [0.15, 0.2) is 12.2 Å². The van der Waals surface area contributed by atoms with Crippen LogP contribution in [0.3, 0.4) is 0 Å². The summed E-state index contributed by atoms with van der Waals surface area (Å²) in [6.07, 6.45) is 54.0. The van der Waals surface area contributed by atoms with Crippen LogP contribution in [-0.4, -0.2) is 96.7 Å². The molecule has 0 bridgehead atoms. The van der Waals surface area contributed by atoms with Crippen molar-refractivity contribution in [3.8, 4) is 0 Å². The Morgan fingerprint density at radius 3 is 0.656 bits per heavy atom. The number of carbonyl (C=O) groups excluding carboxylic acids is 4. The molecule has 19 heteroatoms. The largest absolute Gasteiger partial charge is 0.472 e. The molecule has 0 fully saturated rings. The number of aliphatic hydroxyl groups excluding tert-OH is 1. The van der Waals surface area contributed by atoms with Gasteiger partial charge in [-0.15, -0.1) is 0 Å². The molecule has 3 N–H and O–H groups in total. The fraction of sp³-hybridized carbons (Fsp3) is 0.944. The third-order valence-electron chi connectivity index (χ3n) is 16.6. The first-order valence-electron chi connectivity index (χ1n) is 37.3. The number of phosphoric ester groups is 2. The van der Waals surface area contributed by atoms with Gasteiger partial charge in [0.1, 0.15) is 19.3 Å². The van der Waals surface area contributed by atoms with E-state index in [0.717, 1.165) is 96.3 Å². The quantitative estimate of drug-likeness (QED) is 0.0222. The van der Waals surface area contributed by atoms with E-state index in [4.69, 9.17) is 37.0 Å². The highest BCUT2D eigenvalue weighted by Gasteiger charge is 2.30. The van der Waals surface area contributed by atoms with Crippen LogP contribution in [-0.2, 0) is 65.4 Å². The van der Waals surface area contributed by atoms with Gasteiger partial charge >= 0.3 is 39.5 Å². The molecule has 0 aliphatic rings. The summed E-state index contributed by atoms with van der Waals surface area (Å²) >= 11 is 0. The fourth-order valence-corrected chi connectivity index (χ4v) is 12.4. The monoisotopic (exact) mass is 1320 g/mol. The minimum Gasteiger partial charge on any atom is -0.462 e. The molecule has 0 saturated heterocycles. The summed E-state index contributed by atoms with van der Waals surface area (Å²) in [5.74, 6) is -2.12. The molecule has 534 valence electrons. The Morgan fingerprint density at radius 1 is 0.267 bits per heavy atom. The lowest BCUT2D eigenvalue weighted by molar-refractivity contribution is -0.161. The number of rotatable bonds is 72. The number of hydrogen-bond acceptors (Lipinski definition) is 15. The van der Waals surface area contributed by atoms with E-state index in [1.807, 2.05) is 0 Å². The summed E-state index contributed by atoms with van der Waals surface area (Å²) in [6.45, 7) is 4.93. The molecule has 5 atom stereocenters. The Morgan fingerprint density at radius 2 is 0.444 bits per heavy atom. The van der Waals surface area contributed by atoms with Crippen LogP contribution in [0.1, 0.15) is 374 Å². The maximum Gasteiger partial charge on any atom is 0.472 e. The number of aliphatic hydroxyl groups is 1. The molecule has 0 amide bonds. The first-order chi connectivity index (χ1) is 43.7. The van der Waals surface area contributed by atoms with Crippen molar-refractivity contribution < 1.29 is 80.2 Å². The van der Waals surface area contributed by atoms with Crippen LogP contribution >= 0.6 is 15.6 Å². The van der Waals surface area contributed by atoms with Crippen molar-refractivity contribution in [3.63, 3.8) is 0 Å². The van der Waals surface area contributed by atoms with Crippen molar-refractivity contribution >= 4 is 39.5 Å². The molecular formula is C71H138O17P2. The minimum atomic E-state index is -4.95. The Bertz CT molecular complexity index is 1720. The van der Waals surface area contributed by atoms with Crippen molar-refractivity contribution in [2.24, 2.45) is 0 Å². The van der Waals surface area contributed by atoms with Crippen molar-refractivity contribution in [3.05, 3.63) is 0 Å². The van der Waals surface area contributed by atoms with E-state index < -0.39 is 97.5 Å². The van der Waals surface area contributed by atoms with Crippen LogP contribution in [0.25, 0.3) is 0 Å². The van der Waals surface area contributed by atoms with Gasteiger partial charge in [0.05, 0.1) is 26.4 Å². The zero-order chi connectivity index (χ0) is 66.1. The number of hydrogen-bond donors (Lipinski definition) is 3. The lowest BCUT2D eigenvalue weighted by Crippen LogP contribution is -2.30. The third-order valence-corrected chi connectivity index (χ3v) is 18.5. The highest BCUT2D eigenvalue weighted by atomic mass is 31.2. The van der Waals surface area contributed by atoms with Gasteiger partial charge in [-0.3, -0.25) is 37.3 Å². The van der Waals surface area contributed by atoms with E-state index in [0.29, 0.717) is 25.7 Å². The molecule has 2 unspecified atom stereocenters. The number of phosphoric acid groups is 2.